The summed E-state index contributed by atoms with van der Waals surface area (Å²) >= 11 is 1.52. The average Bonchev–Trinajstić information content (AvgIpc) is 2.87. The number of thiazole rings is 1. The summed E-state index contributed by atoms with van der Waals surface area (Å²) < 4.78 is 27.3. The number of sulfonamides is 1. The zero-order valence-electron chi connectivity index (χ0n) is 14.8. The first-order valence-corrected chi connectivity index (χ1v) is 11.0. The molecule has 0 bridgehead atoms. The lowest BCUT2D eigenvalue weighted by molar-refractivity contribution is 0.0951. The largest absolute Gasteiger partial charge is 0.347 e. The van der Waals surface area contributed by atoms with Crippen molar-refractivity contribution in [2.24, 2.45) is 0 Å². The van der Waals surface area contributed by atoms with Crippen molar-refractivity contribution < 1.29 is 13.2 Å². The van der Waals surface area contributed by atoms with Crippen LogP contribution in [0.1, 0.15) is 45.9 Å². The molecule has 0 unspecified atom stereocenters. The predicted octanol–water partition coefficient (Wildman–Crippen LogP) is 2.95. The molecule has 1 fully saturated rings. The predicted molar refractivity (Wildman–Crippen MR) is 102 cm³/mol. The van der Waals surface area contributed by atoms with Gasteiger partial charge < -0.3 is 5.32 Å². The van der Waals surface area contributed by atoms with Crippen LogP contribution in [0.4, 0.5) is 0 Å². The lowest BCUT2D eigenvalue weighted by Gasteiger charge is -2.20. The fraction of sp³-hybridized carbons (Fsp3) is 0.444. The quantitative estimate of drug-likeness (QED) is 0.847. The Morgan fingerprint density at radius 1 is 1.23 bits per heavy atom. The number of hydrogen-bond acceptors (Lipinski definition) is 5. The van der Waals surface area contributed by atoms with Crippen LogP contribution in [0.3, 0.4) is 0 Å². The van der Waals surface area contributed by atoms with Crippen molar-refractivity contribution in [1.29, 1.82) is 0 Å². The molecule has 0 spiro atoms. The lowest BCUT2D eigenvalue weighted by atomic mass is 10.2. The Balaban J connectivity index is 1.73. The third-order valence-corrected chi connectivity index (χ3v) is 7.20. The lowest BCUT2D eigenvalue weighted by Crippen LogP contribution is -2.32. The van der Waals surface area contributed by atoms with E-state index in [4.69, 9.17) is 0 Å². The van der Waals surface area contributed by atoms with E-state index in [0.717, 1.165) is 35.6 Å². The number of hydrogen-bond donors (Lipinski definition) is 1. The molecule has 1 aromatic carbocycles. The van der Waals surface area contributed by atoms with Gasteiger partial charge in [-0.25, -0.2) is 13.4 Å². The molecule has 3 rings (SSSR count). The van der Waals surface area contributed by atoms with Gasteiger partial charge in [0.2, 0.25) is 10.0 Å². The minimum atomic E-state index is -3.56. The molecule has 1 aliphatic heterocycles. The standard InChI is InChI=1S/C18H23N3O3S2/c1-14-19-12-16(25-14)13-20-18(22)15-7-6-8-17(11-15)26(23,24)21-9-4-2-3-5-10-21/h6-8,11-12H,2-5,9-10,13H2,1H3,(H,20,22). The van der Waals surface area contributed by atoms with Crippen LogP contribution in [-0.4, -0.2) is 36.7 Å². The summed E-state index contributed by atoms with van der Waals surface area (Å²) in [6.07, 6.45) is 5.62. The van der Waals surface area contributed by atoms with Crippen LogP contribution in [0, 0.1) is 6.92 Å². The smallest absolute Gasteiger partial charge is 0.251 e. The Bertz CT molecular complexity index is 869. The van der Waals surface area contributed by atoms with Crippen LogP contribution >= 0.6 is 11.3 Å². The van der Waals surface area contributed by atoms with Gasteiger partial charge in [0.1, 0.15) is 0 Å². The Kier molecular flexibility index (Phi) is 6.05. The summed E-state index contributed by atoms with van der Waals surface area (Å²) in [7, 11) is -3.56. The number of carbonyl (C=O) groups is 1. The Hall–Kier alpha value is -1.77. The summed E-state index contributed by atoms with van der Waals surface area (Å²) in [5.74, 6) is -0.288. The molecule has 140 valence electrons. The van der Waals surface area contributed by atoms with Gasteiger partial charge in [-0.15, -0.1) is 11.3 Å². The minimum Gasteiger partial charge on any atom is -0.347 e. The molecule has 26 heavy (non-hydrogen) atoms. The van der Waals surface area contributed by atoms with Crippen LogP contribution in [0.2, 0.25) is 0 Å². The van der Waals surface area contributed by atoms with Crippen LogP contribution in [0.25, 0.3) is 0 Å². The van der Waals surface area contributed by atoms with Gasteiger partial charge in [0, 0.05) is 29.7 Å². The van der Waals surface area contributed by atoms with Crippen LogP contribution < -0.4 is 5.32 Å². The number of benzene rings is 1. The van der Waals surface area contributed by atoms with E-state index >= 15 is 0 Å². The molecule has 0 atom stereocenters. The highest BCUT2D eigenvalue weighted by molar-refractivity contribution is 7.89. The average molecular weight is 394 g/mol. The number of aromatic nitrogens is 1. The topological polar surface area (TPSA) is 79.4 Å². The minimum absolute atomic E-state index is 0.181. The third kappa shape index (κ3) is 4.49. The van der Waals surface area contributed by atoms with Gasteiger partial charge >= 0.3 is 0 Å². The first-order valence-electron chi connectivity index (χ1n) is 8.76. The Morgan fingerprint density at radius 3 is 2.62 bits per heavy atom. The second-order valence-corrected chi connectivity index (χ2v) is 9.63. The molecule has 2 aromatic rings. The highest BCUT2D eigenvalue weighted by Crippen LogP contribution is 2.21. The van der Waals surface area contributed by atoms with E-state index < -0.39 is 10.0 Å². The number of aryl methyl sites for hydroxylation is 1. The molecule has 1 aromatic heterocycles. The highest BCUT2D eigenvalue weighted by atomic mass is 32.2. The third-order valence-electron chi connectivity index (χ3n) is 4.39. The molecule has 1 aliphatic rings. The number of nitrogens with zero attached hydrogens (tertiary/aromatic N) is 2. The van der Waals surface area contributed by atoms with Crippen molar-refractivity contribution in [3.05, 3.63) is 45.9 Å². The van der Waals surface area contributed by atoms with Crippen LogP contribution in [-0.2, 0) is 16.6 Å². The van der Waals surface area contributed by atoms with E-state index in [9.17, 15) is 13.2 Å². The van der Waals surface area contributed by atoms with Gasteiger partial charge in [-0.2, -0.15) is 4.31 Å². The SMILES string of the molecule is Cc1ncc(CNC(=O)c2cccc(S(=O)(=O)N3CCCCCC3)c2)s1. The van der Waals surface area contributed by atoms with Crippen molar-refractivity contribution in [3.8, 4) is 0 Å². The van der Waals surface area contributed by atoms with Crippen molar-refractivity contribution >= 4 is 27.3 Å². The molecule has 6 nitrogen and oxygen atoms in total. The van der Waals surface area contributed by atoms with Gasteiger partial charge in [0.05, 0.1) is 16.4 Å². The molecule has 8 heteroatoms. The summed E-state index contributed by atoms with van der Waals surface area (Å²) in [6.45, 7) is 3.38. The number of carbonyl (C=O) groups excluding carboxylic acids is 1. The molecule has 0 radical (unpaired) electrons. The zero-order valence-corrected chi connectivity index (χ0v) is 16.4. The Labute approximate surface area is 158 Å². The van der Waals surface area contributed by atoms with E-state index in [1.54, 1.807) is 24.4 Å². The van der Waals surface area contributed by atoms with Gasteiger partial charge in [-0.1, -0.05) is 18.9 Å². The molecule has 2 heterocycles. The van der Waals surface area contributed by atoms with Crippen molar-refractivity contribution in [2.45, 2.75) is 44.0 Å². The normalized spacial score (nSPS) is 16.2. The van der Waals surface area contributed by atoms with E-state index in [0.29, 0.717) is 25.2 Å². The summed E-state index contributed by atoms with van der Waals surface area (Å²) in [5, 5.41) is 3.76. The van der Waals surface area contributed by atoms with Gasteiger partial charge in [0.15, 0.2) is 0 Å². The zero-order chi connectivity index (χ0) is 18.6. The monoisotopic (exact) mass is 393 g/mol. The van der Waals surface area contributed by atoms with Crippen molar-refractivity contribution in [3.63, 3.8) is 0 Å². The number of amides is 1. The van der Waals surface area contributed by atoms with E-state index in [1.165, 1.54) is 21.7 Å². The van der Waals surface area contributed by atoms with Crippen molar-refractivity contribution in [2.75, 3.05) is 13.1 Å². The van der Waals surface area contributed by atoms with E-state index in [-0.39, 0.29) is 10.8 Å². The second-order valence-electron chi connectivity index (χ2n) is 6.37. The van der Waals surface area contributed by atoms with E-state index in [1.807, 2.05) is 6.92 Å². The Morgan fingerprint density at radius 2 is 1.96 bits per heavy atom. The van der Waals surface area contributed by atoms with Gasteiger partial charge in [-0.05, 0) is 38.0 Å². The number of nitrogens with one attached hydrogen (secondary N) is 1. The van der Waals surface area contributed by atoms with Crippen LogP contribution in [0.5, 0.6) is 0 Å². The first kappa shape index (κ1) is 19.0. The molecule has 0 saturated carbocycles. The summed E-state index contributed by atoms with van der Waals surface area (Å²) in [5.41, 5.74) is 0.349. The summed E-state index contributed by atoms with van der Waals surface area (Å²) in [6, 6.07) is 6.28. The number of rotatable bonds is 5. The molecule has 1 N–H and O–H groups in total. The van der Waals surface area contributed by atoms with Crippen LogP contribution in [0.15, 0.2) is 35.4 Å². The molecular weight excluding hydrogens is 370 g/mol. The maximum atomic E-state index is 12.9. The van der Waals surface area contributed by atoms with E-state index in [2.05, 4.69) is 10.3 Å². The van der Waals surface area contributed by atoms with Crippen molar-refractivity contribution in [1.82, 2.24) is 14.6 Å². The molecule has 1 amide bonds. The fourth-order valence-corrected chi connectivity index (χ4v) is 5.28. The van der Waals surface area contributed by atoms with Gasteiger partial charge in [-0.3, -0.25) is 4.79 Å². The maximum absolute atomic E-state index is 12.9. The fourth-order valence-electron chi connectivity index (χ4n) is 2.99. The molecule has 0 aliphatic carbocycles. The summed E-state index contributed by atoms with van der Waals surface area (Å²) in [4.78, 5) is 17.7. The second kappa shape index (κ2) is 8.28. The molecular formula is C18H23N3O3S2. The maximum Gasteiger partial charge on any atom is 0.251 e. The molecule has 1 saturated heterocycles. The van der Waals surface area contributed by atoms with Gasteiger partial charge in [0.25, 0.3) is 5.91 Å². The first-order chi connectivity index (χ1) is 12.5. The highest BCUT2D eigenvalue weighted by Gasteiger charge is 2.25.